The highest BCUT2D eigenvalue weighted by Crippen LogP contribution is 2.30. The fourth-order valence-corrected chi connectivity index (χ4v) is 2.69. The van der Waals surface area contributed by atoms with Gasteiger partial charge in [0.15, 0.2) is 0 Å². The van der Waals surface area contributed by atoms with Crippen molar-refractivity contribution in [2.24, 2.45) is 0 Å². The second-order valence-electron chi connectivity index (χ2n) is 6.69. The highest BCUT2D eigenvalue weighted by Gasteiger charge is 2.26. The van der Waals surface area contributed by atoms with E-state index in [1.165, 1.54) is 0 Å². The topological polar surface area (TPSA) is 68.5 Å². The molecule has 1 amide bonds. The van der Waals surface area contributed by atoms with Crippen LogP contribution in [0.5, 0.6) is 0 Å². The van der Waals surface area contributed by atoms with Gasteiger partial charge in [0.1, 0.15) is 5.60 Å². The number of carbonyl (C=O) groups is 1. The minimum Gasteiger partial charge on any atom is -0.444 e. The van der Waals surface area contributed by atoms with Crippen LogP contribution in [0.15, 0.2) is 36.5 Å². The van der Waals surface area contributed by atoms with Gasteiger partial charge in [-0.2, -0.15) is 0 Å². The van der Waals surface area contributed by atoms with Crippen molar-refractivity contribution in [3.63, 3.8) is 0 Å². The molecule has 0 saturated heterocycles. The number of nitrogens with two attached hydrogens (primary N) is 1. The lowest BCUT2D eigenvalue weighted by Gasteiger charge is -2.24. The number of pyridine rings is 1. The fourth-order valence-electron chi connectivity index (χ4n) is 2.69. The van der Waals surface area contributed by atoms with Crippen molar-refractivity contribution in [1.82, 2.24) is 9.88 Å². The quantitative estimate of drug-likeness (QED) is 0.819. The molecule has 0 unspecified atom stereocenters. The Bertz CT molecular complexity index is 790. The van der Waals surface area contributed by atoms with Crippen LogP contribution in [0, 0.1) is 0 Å². The molecule has 1 aliphatic heterocycles. The Morgan fingerprint density at radius 1 is 1.30 bits per heavy atom. The Hall–Kier alpha value is -2.56. The summed E-state index contributed by atoms with van der Waals surface area (Å²) in [5, 5.41) is 1.00. The summed E-state index contributed by atoms with van der Waals surface area (Å²) in [5.41, 5.74) is 9.12. The summed E-state index contributed by atoms with van der Waals surface area (Å²) in [5.74, 6) is 0. The summed E-state index contributed by atoms with van der Waals surface area (Å²) in [6, 6.07) is 7.75. The molecule has 2 aromatic rings. The Labute approximate surface area is 135 Å². The first kappa shape index (κ1) is 15.3. The lowest BCUT2D eigenvalue weighted by Crippen LogP contribution is -2.35. The number of nitrogen functional groups attached to an aromatic ring is 1. The van der Waals surface area contributed by atoms with Gasteiger partial charge in [0.2, 0.25) is 0 Å². The number of hydrogen-bond acceptors (Lipinski definition) is 4. The van der Waals surface area contributed by atoms with Crippen LogP contribution in [0.25, 0.3) is 16.5 Å². The first-order valence-electron chi connectivity index (χ1n) is 7.66. The van der Waals surface area contributed by atoms with Crippen molar-refractivity contribution in [3.05, 3.63) is 42.1 Å². The maximum atomic E-state index is 12.2. The Morgan fingerprint density at radius 2 is 2.09 bits per heavy atom. The molecule has 0 radical (unpaired) electrons. The van der Waals surface area contributed by atoms with Crippen LogP contribution in [0.3, 0.4) is 0 Å². The number of anilines is 1. The number of amides is 1. The maximum absolute atomic E-state index is 12.2. The number of fused-ring (bicyclic) bond motifs is 1. The Balaban J connectivity index is 1.85. The molecule has 3 rings (SSSR count). The first-order chi connectivity index (χ1) is 10.8. The zero-order valence-electron chi connectivity index (χ0n) is 13.7. The van der Waals surface area contributed by atoms with Gasteiger partial charge in [0.25, 0.3) is 0 Å². The molecule has 0 spiro atoms. The van der Waals surface area contributed by atoms with Gasteiger partial charge in [-0.1, -0.05) is 18.2 Å². The molecule has 120 valence electrons. The minimum absolute atomic E-state index is 0.290. The van der Waals surface area contributed by atoms with Gasteiger partial charge >= 0.3 is 6.09 Å². The van der Waals surface area contributed by atoms with E-state index in [2.05, 4.69) is 11.1 Å². The summed E-state index contributed by atoms with van der Waals surface area (Å²) < 4.78 is 5.43. The smallest absolute Gasteiger partial charge is 0.410 e. The molecule has 0 atom stereocenters. The van der Waals surface area contributed by atoms with E-state index in [9.17, 15) is 4.79 Å². The third-order valence-corrected chi connectivity index (χ3v) is 3.72. The summed E-state index contributed by atoms with van der Waals surface area (Å²) in [4.78, 5) is 18.2. The average molecular weight is 311 g/mol. The zero-order valence-corrected chi connectivity index (χ0v) is 13.7. The molecule has 0 aliphatic carbocycles. The number of benzene rings is 1. The first-order valence-corrected chi connectivity index (χ1v) is 7.66. The molecule has 1 aromatic carbocycles. The zero-order chi connectivity index (χ0) is 16.6. The second-order valence-corrected chi connectivity index (χ2v) is 6.69. The summed E-state index contributed by atoms with van der Waals surface area (Å²) >= 11 is 0. The number of ether oxygens (including phenoxy) is 1. The Kier molecular flexibility index (Phi) is 3.72. The van der Waals surface area contributed by atoms with Crippen molar-refractivity contribution in [2.45, 2.75) is 26.4 Å². The van der Waals surface area contributed by atoms with Crippen molar-refractivity contribution in [3.8, 4) is 0 Å². The van der Waals surface area contributed by atoms with Crippen LogP contribution in [0.2, 0.25) is 0 Å². The van der Waals surface area contributed by atoms with Crippen LogP contribution >= 0.6 is 0 Å². The molecule has 0 bridgehead atoms. The van der Waals surface area contributed by atoms with E-state index in [1.807, 2.05) is 45.0 Å². The minimum atomic E-state index is -0.488. The van der Waals surface area contributed by atoms with Crippen LogP contribution in [-0.4, -0.2) is 34.7 Å². The predicted molar refractivity (Wildman–Crippen MR) is 91.9 cm³/mol. The third-order valence-electron chi connectivity index (χ3n) is 3.72. The summed E-state index contributed by atoms with van der Waals surface area (Å²) in [6.45, 7) is 6.69. The van der Waals surface area contributed by atoms with Gasteiger partial charge in [-0.3, -0.25) is 4.98 Å². The molecule has 0 fully saturated rings. The predicted octanol–water partition coefficient (Wildman–Crippen LogP) is 3.45. The molecular weight excluding hydrogens is 290 g/mol. The molecule has 5 nitrogen and oxygen atoms in total. The van der Waals surface area contributed by atoms with E-state index in [-0.39, 0.29) is 6.09 Å². The molecule has 5 heteroatoms. The largest absolute Gasteiger partial charge is 0.444 e. The lowest BCUT2D eigenvalue weighted by molar-refractivity contribution is 0.0306. The van der Waals surface area contributed by atoms with E-state index in [0.29, 0.717) is 18.8 Å². The molecule has 1 aromatic heterocycles. The van der Waals surface area contributed by atoms with Crippen molar-refractivity contribution < 1.29 is 9.53 Å². The molecule has 23 heavy (non-hydrogen) atoms. The van der Waals surface area contributed by atoms with E-state index >= 15 is 0 Å². The molecule has 1 aliphatic rings. The SMILES string of the molecule is CC(C)(C)OC(=O)N1CC=C(c2ccc(N)c3ncccc23)C1. The standard InChI is InChI=1S/C18H21N3O2/c1-18(2,3)23-17(22)21-10-8-12(11-21)13-6-7-15(19)16-14(13)5-4-9-20-16/h4-9H,10-11,19H2,1-3H3. The summed E-state index contributed by atoms with van der Waals surface area (Å²) in [7, 11) is 0. The third kappa shape index (κ3) is 3.13. The highest BCUT2D eigenvalue weighted by atomic mass is 16.6. The molecule has 2 N–H and O–H groups in total. The molecular formula is C18H21N3O2. The van der Waals surface area contributed by atoms with Gasteiger partial charge in [0, 0.05) is 24.7 Å². The number of hydrogen-bond donors (Lipinski definition) is 1. The van der Waals surface area contributed by atoms with Gasteiger partial charge in [-0.15, -0.1) is 0 Å². The maximum Gasteiger partial charge on any atom is 0.410 e. The fraction of sp³-hybridized carbons (Fsp3) is 0.333. The van der Waals surface area contributed by atoms with Gasteiger partial charge < -0.3 is 15.4 Å². The monoisotopic (exact) mass is 311 g/mol. The van der Waals surface area contributed by atoms with Crippen LogP contribution in [0.1, 0.15) is 26.3 Å². The van der Waals surface area contributed by atoms with Gasteiger partial charge in [-0.05, 0) is 44.0 Å². The van der Waals surface area contributed by atoms with E-state index in [0.717, 1.165) is 22.0 Å². The normalized spacial score (nSPS) is 14.9. The van der Waals surface area contributed by atoms with Crippen molar-refractivity contribution in [1.29, 1.82) is 0 Å². The van der Waals surface area contributed by atoms with Gasteiger partial charge in [-0.25, -0.2) is 4.79 Å². The van der Waals surface area contributed by atoms with Crippen molar-refractivity contribution >= 4 is 28.3 Å². The Morgan fingerprint density at radius 3 is 2.83 bits per heavy atom. The number of carbonyl (C=O) groups excluding carboxylic acids is 1. The molecule has 2 heterocycles. The summed E-state index contributed by atoms with van der Waals surface area (Å²) in [6.07, 6.45) is 3.50. The average Bonchev–Trinajstić information content (AvgIpc) is 2.96. The van der Waals surface area contributed by atoms with E-state index in [1.54, 1.807) is 11.1 Å². The second kappa shape index (κ2) is 5.57. The van der Waals surface area contributed by atoms with E-state index in [4.69, 9.17) is 10.5 Å². The number of nitrogens with zero attached hydrogens (tertiary/aromatic N) is 2. The van der Waals surface area contributed by atoms with E-state index < -0.39 is 5.60 Å². The highest BCUT2D eigenvalue weighted by molar-refractivity contribution is 5.98. The van der Waals surface area contributed by atoms with Crippen molar-refractivity contribution in [2.75, 3.05) is 18.8 Å². The van der Waals surface area contributed by atoms with Crippen LogP contribution in [-0.2, 0) is 4.74 Å². The van der Waals surface area contributed by atoms with Crippen LogP contribution in [0.4, 0.5) is 10.5 Å². The number of rotatable bonds is 1. The van der Waals surface area contributed by atoms with Gasteiger partial charge in [0.05, 0.1) is 11.2 Å². The molecule has 0 saturated carbocycles. The van der Waals surface area contributed by atoms with Crippen LogP contribution < -0.4 is 5.73 Å². The lowest BCUT2D eigenvalue weighted by atomic mass is 10.0. The number of aromatic nitrogens is 1.